The zero-order valence-electron chi connectivity index (χ0n) is 6.86. The quantitative estimate of drug-likeness (QED) is 0.615. The topological polar surface area (TPSA) is 70.1 Å². The van der Waals surface area contributed by atoms with Gasteiger partial charge in [-0.25, -0.2) is 0 Å². The maximum Gasteiger partial charge on any atom is 0.222 e. The number of hydrogen-bond acceptors (Lipinski definition) is 3. The van der Waals surface area contributed by atoms with E-state index in [1.165, 1.54) is 6.42 Å². The van der Waals surface area contributed by atoms with Crippen LogP contribution in [0, 0.1) is 23.7 Å². The first-order chi connectivity index (χ1) is 5.72. The van der Waals surface area contributed by atoms with E-state index in [4.69, 9.17) is 11.0 Å². The van der Waals surface area contributed by atoms with Crippen LogP contribution in [-0.4, -0.2) is 30.4 Å². The fourth-order valence-corrected chi connectivity index (χ4v) is 1.32. The van der Waals surface area contributed by atoms with Crippen molar-refractivity contribution in [1.82, 2.24) is 4.90 Å². The normalized spacial score (nSPS) is 23.8. The fraction of sp³-hybridized carbons (Fsp3) is 0.625. The molecule has 0 bridgehead atoms. The smallest absolute Gasteiger partial charge is 0.222 e. The molecule has 1 amide bonds. The molecule has 12 heavy (non-hydrogen) atoms. The van der Waals surface area contributed by atoms with Crippen LogP contribution >= 0.6 is 0 Å². The molecule has 1 aliphatic heterocycles. The van der Waals surface area contributed by atoms with Crippen molar-refractivity contribution in [3.05, 3.63) is 6.42 Å². The standard InChI is InChI=1S/C8H12N3O/c9-5-7-1-3-11(6-7)4-2-8(10)12/h2,7H,1,3-4,6H2,(H2,10,12)/t7-/m0/s1. The zero-order valence-corrected chi connectivity index (χ0v) is 6.86. The molecule has 1 aliphatic rings. The van der Waals surface area contributed by atoms with Gasteiger partial charge < -0.3 is 10.6 Å². The van der Waals surface area contributed by atoms with Gasteiger partial charge in [0.15, 0.2) is 0 Å². The average Bonchev–Trinajstić information content (AvgIpc) is 2.48. The molecular weight excluding hydrogens is 154 g/mol. The zero-order chi connectivity index (χ0) is 8.97. The molecule has 1 saturated heterocycles. The van der Waals surface area contributed by atoms with Crippen molar-refractivity contribution in [1.29, 1.82) is 5.26 Å². The molecular formula is C8H12N3O. The minimum absolute atomic E-state index is 0.131. The summed E-state index contributed by atoms with van der Waals surface area (Å²) in [6.45, 7) is 2.23. The van der Waals surface area contributed by atoms with Crippen LogP contribution in [0.25, 0.3) is 0 Å². The van der Waals surface area contributed by atoms with Gasteiger partial charge in [-0.05, 0) is 13.0 Å². The lowest BCUT2D eigenvalue weighted by atomic mass is 10.1. The average molecular weight is 166 g/mol. The first-order valence-electron chi connectivity index (χ1n) is 3.97. The van der Waals surface area contributed by atoms with Crippen molar-refractivity contribution in [2.45, 2.75) is 6.42 Å². The highest BCUT2D eigenvalue weighted by molar-refractivity contribution is 5.83. The summed E-state index contributed by atoms with van der Waals surface area (Å²) in [7, 11) is 0. The van der Waals surface area contributed by atoms with E-state index in [0.29, 0.717) is 6.54 Å². The SMILES string of the molecule is N#C[C@@H]1CCN(C[CH]C(N)=O)C1. The van der Waals surface area contributed by atoms with Crippen molar-refractivity contribution in [2.24, 2.45) is 11.7 Å². The predicted molar refractivity (Wildman–Crippen MR) is 43.7 cm³/mol. The van der Waals surface area contributed by atoms with Crippen LogP contribution in [0.2, 0.25) is 0 Å². The van der Waals surface area contributed by atoms with Crippen molar-refractivity contribution in [2.75, 3.05) is 19.6 Å². The van der Waals surface area contributed by atoms with E-state index >= 15 is 0 Å². The van der Waals surface area contributed by atoms with Crippen LogP contribution in [0.5, 0.6) is 0 Å². The van der Waals surface area contributed by atoms with Gasteiger partial charge in [0.05, 0.1) is 18.4 Å². The molecule has 0 aliphatic carbocycles. The Kier molecular flexibility index (Phi) is 3.06. The minimum Gasteiger partial charge on any atom is -0.369 e. The van der Waals surface area contributed by atoms with Gasteiger partial charge in [-0.2, -0.15) is 5.26 Å². The second kappa shape index (κ2) is 4.07. The molecule has 0 aromatic rings. The summed E-state index contributed by atoms with van der Waals surface area (Å²) in [6.07, 6.45) is 2.35. The third-order valence-electron chi connectivity index (χ3n) is 2.01. The van der Waals surface area contributed by atoms with Crippen molar-refractivity contribution < 1.29 is 4.79 Å². The van der Waals surface area contributed by atoms with E-state index in [-0.39, 0.29) is 5.92 Å². The number of carbonyl (C=O) groups is 1. The van der Waals surface area contributed by atoms with Gasteiger partial charge in [-0.3, -0.25) is 4.79 Å². The molecule has 0 aromatic carbocycles. The van der Waals surface area contributed by atoms with E-state index in [2.05, 4.69) is 11.0 Å². The molecule has 4 heteroatoms. The Bertz CT molecular complexity index is 209. The molecule has 1 fully saturated rings. The maximum atomic E-state index is 10.4. The number of likely N-dealkylation sites (tertiary alicyclic amines) is 1. The van der Waals surface area contributed by atoms with Gasteiger partial charge in [-0.1, -0.05) is 0 Å². The number of nitriles is 1. The minimum atomic E-state index is -0.393. The number of rotatable bonds is 3. The lowest BCUT2D eigenvalue weighted by Gasteiger charge is -2.12. The molecule has 1 radical (unpaired) electrons. The van der Waals surface area contributed by atoms with E-state index in [1.807, 2.05) is 0 Å². The van der Waals surface area contributed by atoms with Gasteiger partial charge in [0, 0.05) is 13.1 Å². The molecule has 65 valence electrons. The number of hydrogen-bond donors (Lipinski definition) is 1. The van der Waals surface area contributed by atoms with E-state index < -0.39 is 5.91 Å². The first kappa shape index (κ1) is 9.01. The fourth-order valence-electron chi connectivity index (χ4n) is 1.32. The third kappa shape index (κ3) is 2.51. The van der Waals surface area contributed by atoms with Gasteiger partial charge in [0.25, 0.3) is 0 Å². The summed E-state index contributed by atoms with van der Waals surface area (Å²) in [5, 5.41) is 8.58. The van der Waals surface area contributed by atoms with Crippen LogP contribution in [0.15, 0.2) is 0 Å². The lowest BCUT2D eigenvalue weighted by molar-refractivity contribution is -0.115. The van der Waals surface area contributed by atoms with Crippen LogP contribution < -0.4 is 5.73 Å². The van der Waals surface area contributed by atoms with Crippen molar-refractivity contribution in [3.63, 3.8) is 0 Å². The van der Waals surface area contributed by atoms with E-state index in [0.717, 1.165) is 19.5 Å². The largest absolute Gasteiger partial charge is 0.369 e. The summed E-state index contributed by atoms with van der Waals surface area (Å²) >= 11 is 0. The monoisotopic (exact) mass is 166 g/mol. The van der Waals surface area contributed by atoms with Gasteiger partial charge in [-0.15, -0.1) is 0 Å². The number of carbonyl (C=O) groups excluding carboxylic acids is 1. The summed E-state index contributed by atoms with van der Waals surface area (Å²) in [6, 6.07) is 2.21. The summed E-state index contributed by atoms with van der Waals surface area (Å²) in [5.41, 5.74) is 4.95. The Balaban J connectivity index is 2.20. The molecule has 0 saturated carbocycles. The van der Waals surface area contributed by atoms with Gasteiger partial charge >= 0.3 is 0 Å². The number of nitrogens with zero attached hydrogens (tertiary/aromatic N) is 2. The van der Waals surface area contributed by atoms with E-state index in [1.54, 1.807) is 0 Å². The molecule has 2 N–H and O–H groups in total. The summed E-state index contributed by atoms with van der Waals surface area (Å²) in [4.78, 5) is 12.4. The number of primary amides is 1. The Morgan fingerprint density at radius 2 is 2.58 bits per heavy atom. The maximum absolute atomic E-state index is 10.4. The Hall–Kier alpha value is -1.08. The van der Waals surface area contributed by atoms with Gasteiger partial charge in [0.2, 0.25) is 5.91 Å². The van der Waals surface area contributed by atoms with Crippen LogP contribution in [0.4, 0.5) is 0 Å². The second-order valence-electron chi connectivity index (χ2n) is 2.98. The Labute approximate surface area is 71.9 Å². The molecule has 0 aromatic heterocycles. The molecule has 1 rings (SSSR count). The highest BCUT2D eigenvalue weighted by Crippen LogP contribution is 2.14. The second-order valence-corrected chi connectivity index (χ2v) is 2.98. The van der Waals surface area contributed by atoms with Crippen molar-refractivity contribution >= 4 is 5.91 Å². The highest BCUT2D eigenvalue weighted by Gasteiger charge is 2.21. The lowest BCUT2D eigenvalue weighted by Crippen LogP contribution is -2.26. The molecule has 1 heterocycles. The Morgan fingerprint density at radius 3 is 3.08 bits per heavy atom. The molecule has 1 atom stereocenters. The number of amides is 1. The summed E-state index contributed by atoms with van der Waals surface area (Å²) < 4.78 is 0. The van der Waals surface area contributed by atoms with Gasteiger partial charge in [0.1, 0.15) is 0 Å². The highest BCUT2D eigenvalue weighted by atomic mass is 16.1. The number of nitrogens with two attached hydrogens (primary N) is 1. The van der Waals surface area contributed by atoms with Crippen LogP contribution in [-0.2, 0) is 4.79 Å². The molecule has 0 spiro atoms. The van der Waals surface area contributed by atoms with E-state index in [9.17, 15) is 4.79 Å². The predicted octanol–water partition coefficient (Wildman–Crippen LogP) is -0.479. The molecule has 0 unspecified atom stereocenters. The summed E-state index contributed by atoms with van der Waals surface area (Å²) in [5.74, 6) is -0.262. The Morgan fingerprint density at radius 1 is 1.83 bits per heavy atom. The van der Waals surface area contributed by atoms with Crippen molar-refractivity contribution in [3.8, 4) is 6.07 Å². The third-order valence-corrected chi connectivity index (χ3v) is 2.01. The first-order valence-corrected chi connectivity index (χ1v) is 3.97. The van der Waals surface area contributed by atoms with Crippen LogP contribution in [0.3, 0.4) is 0 Å². The van der Waals surface area contributed by atoms with Crippen LogP contribution in [0.1, 0.15) is 6.42 Å². The molecule has 4 nitrogen and oxygen atoms in total.